The number of carbonyl (C=O) groups excluding carboxylic acids is 1. The summed E-state index contributed by atoms with van der Waals surface area (Å²) in [7, 11) is 1.56. The van der Waals surface area contributed by atoms with E-state index in [9.17, 15) is 4.79 Å². The predicted molar refractivity (Wildman–Crippen MR) is 110 cm³/mol. The molecular weight excluding hydrogens is 383 g/mol. The number of halogens is 2. The standard InChI is InChI=1S/C21H26N2O2.2ClH/c1-25-17(24)15-13-19-7-4-11-23-12-10-20(18(19)23)14-5-2-3-6-16(14)22-21(15,20)9-8-19;;/h2-3,5-6,15,18,22H,4,7-13H2,1H3;2*1H. The second-order valence-corrected chi connectivity index (χ2v) is 9.05. The number of carbonyl (C=O) groups is 1. The molecule has 0 aromatic heterocycles. The van der Waals surface area contributed by atoms with Gasteiger partial charge in [-0.3, -0.25) is 9.69 Å². The number of hydrogen-bond acceptors (Lipinski definition) is 4. The largest absolute Gasteiger partial charge is 0.469 e. The number of para-hydroxylation sites is 1. The summed E-state index contributed by atoms with van der Waals surface area (Å²) in [5, 5.41) is 3.92. The Morgan fingerprint density at radius 2 is 1.96 bits per heavy atom. The number of esters is 1. The molecular formula is C21H28Cl2N2O2. The molecule has 4 nitrogen and oxygen atoms in total. The van der Waals surface area contributed by atoms with Crippen LogP contribution in [0.4, 0.5) is 5.69 Å². The lowest BCUT2D eigenvalue weighted by Crippen LogP contribution is -2.76. The molecule has 6 heteroatoms. The highest BCUT2D eigenvalue weighted by molar-refractivity contribution is 5.85. The normalized spacial score (nSPS) is 42.7. The molecule has 3 heterocycles. The second kappa shape index (κ2) is 6.01. The summed E-state index contributed by atoms with van der Waals surface area (Å²) >= 11 is 0. The molecule has 3 aliphatic heterocycles. The van der Waals surface area contributed by atoms with Crippen LogP contribution in [0.25, 0.3) is 0 Å². The summed E-state index contributed by atoms with van der Waals surface area (Å²) in [6.45, 7) is 2.41. The van der Waals surface area contributed by atoms with Gasteiger partial charge in [-0.15, -0.1) is 24.8 Å². The maximum absolute atomic E-state index is 12.9. The van der Waals surface area contributed by atoms with E-state index >= 15 is 0 Å². The van der Waals surface area contributed by atoms with Gasteiger partial charge in [0.2, 0.25) is 0 Å². The van der Waals surface area contributed by atoms with Crippen LogP contribution in [-0.4, -0.2) is 42.6 Å². The van der Waals surface area contributed by atoms with Gasteiger partial charge in [0, 0.05) is 17.1 Å². The van der Waals surface area contributed by atoms with E-state index in [0.717, 1.165) is 12.8 Å². The van der Waals surface area contributed by atoms with E-state index in [2.05, 4.69) is 34.5 Å². The van der Waals surface area contributed by atoms with E-state index in [-0.39, 0.29) is 47.7 Å². The molecule has 3 spiro atoms. The third-order valence-corrected chi connectivity index (χ3v) is 8.60. The Hall–Kier alpha value is -0.970. The van der Waals surface area contributed by atoms with E-state index in [4.69, 9.17) is 4.74 Å². The minimum atomic E-state index is -0.151. The molecule has 5 fully saturated rings. The summed E-state index contributed by atoms with van der Waals surface area (Å²) < 4.78 is 5.33. The van der Waals surface area contributed by atoms with Crippen molar-refractivity contribution in [3.05, 3.63) is 29.8 Å². The molecule has 1 N–H and O–H groups in total. The highest BCUT2D eigenvalue weighted by atomic mass is 35.5. The minimum absolute atomic E-state index is 0. The quantitative estimate of drug-likeness (QED) is 0.715. The van der Waals surface area contributed by atoms with Crippen molar-refractivity contribution in [2.45, 2.75) is 55.5 Å². The summed E-state index contributed by atoms with van der Waals surface area (Å²) in [6.07, 6.45) is 7.10. The average Bonchev–Trinajstić information content (AvgIpc) is 3.19. The Balaban J connectivity index is 0.000000900. The molecule has 6 aliphatic rings. The molecule has 3 aliphatic carbocycles. The highest BCUT2D eigenvalue weighted by Crippen LogP contribution is 2.74. The molecule has 3 saturated carbocycles. The third kappa shape index (κ3) is 1.93. The van der Waals surface area contributed by atoms with Crippen LogP contribution in [0.15, 0.2) is 24.3 Å². The fourth-order valence-corrected chi connectivity index (χ4v) is 8.03. The Morgan fingerprint density at radius 1 is 1.15 bits per heavy atom. The van der Waals surface area contributed by atoms with E-state index in [1.807, 2.05) is 0 Å². The maximum Gasteiger partial charge on any atom is 0.311 e. The van der Waals surface area contributed by atoms with Crippen LogP contribution in [0.3, 0.4) is 0 Å². The molecule has 2 saturated heterocycles. The SMILES string of the molecule is COC(=O)C1CC23CCCN4CCC5(c6ccccc6NC15CC2)C43.Cl.Cl. The lowest BCUT2D eigenvalue weighted by atomic mass is 9.39. The molecule has 27 heavy (non-hydrogen) atoms. The molecule has 5 atom stereocenters. The molecule has 5 unspecified atom stereocenters. The molecule has 0 amide bonds. The first-order chi connectivity index (χ1) is 12.2. The Morgan fingerprint density at radius 3 is 2.78 bits per heavy atom. The zero-order valence-electron chi connectivity index (χ0n) is 15.7. The van der Waals surface area contributed by atoms with Gasteiger partial charge in [-0.2, -0.15) is 0 Å². The van der Waals surface area contributed by atoms with Crippen molar-refractivity contribution in [3.63, 3.8) is 0 Å². The fourth-order valence-electron chi connectivity index (χ4n) is 8.03. The molecule has 148 valence electrons. The number of benzene rings is 1. The van der Waals surface area contributed by atoms with Gasteiger partial charge < -0.3 is 10.1 Å². The van der Waals surface area contributed by atoms with Crippen molar-refractivity contribution >= 4 is 36.5 Å². The number of anilines is 1. The van der Waals surface area contributed by atoms with E-state index in [0.29, 0.717) is 11.5 Å². The van der Waals surface area contributed by atoms with Crippen LogP contribution in [0.1, 0.15) is 44.1 Å². The third-order valence-electron chi connectivity index (χ3n) is 8.60. The van der Waals surface area contributed by atoms with Gasteiger partial charge in [0.15, 0.2) is 0 Å². The van der Waals surface area contributed by atoms with Gasteiger partial charge in [0.25, 0.3) is 0 Å². The van der Waals surface area contributed by atoms with Crippen molar-refractivity contribution in [3.8, 4) is 0 Å². The Labute approximate surface area is 173 Å². The summed E-state index contributed by atoms with van der Waals surface area (Å²) in [4.78, 5) is 15.7. The number of piperidine rings is 1. The topological polar surface area (TPSA) is 41.6 Å². The smallest absolute Gasteiger partial charge is 0.311 e. The van der Waals surface area contributed by atoms with Crippen LogP contribution in [0.2, 0.25) is 0 Å². The minimum Gasteiger partial charge on any atom is -0.469 e. The number of rotatable bonds is 1. The van der Waals surface area contributed by atoms with Gasteiger partial charge in [-0.1, -0.05) is 18.2 Å². The van der Waals surface area contributed by atoms with Gasteiger partial charge in [-0.25, -0.2) is 0 Å². The maximum atomic E-state index is 12.9. The van der Waals surface area contributed by atoms with Crippen LogP contribution >= 0.6 is 24.8 Å². The zero-order valence-corrected chi connectivity index (χ0v) is 17.3. The summed E-state index contributed by atoms with van der Waals surface area (Å²) in [5.41, 5.74) is 2.97. The number of nitrogens with zero attached hydrogens (tertiary/aromatic N) is 1. The van der Waals surface area contributed by atoms with Crippen LogP contribution in [0.5, 0.6) is 0 Å². The van der Waals surface area contributed by atoms with Crippen LogP contribution in [0, 0.1) is 11.3 Å². The molecule has 1 aromatic carbocycles. The number of hydrogen-bond donors (Lipinski definition) is 1. The van der Waals surface area contributed by atoms with Crippen molar-refractivity contribution < 1.29 is 9.53 Å². The van der Waals surface area contributed by atoms with Crippen LogP contribution < -0.4 is 5.32 Å². The van der Waals surface area contributed by atoms with E-state index in [1.165, 1.54) is 50.0 Å². The molecule has 1 aromatic rings. The fraction of sp³-hybridized carbons (Fsp3) is 0.667. The first kappa shape index (κ1) is 19.4. The van der Waals surface area contributed by atoms with Crippen molar-refractivity contribution in [1.29, 1.82) is 0 Å². The van der Waals surface area contributed by atoms with E-state index < -0.39 is 0 Å². The lowest BCUT2D eigenvalue weighted by Gasteiger charge is -2.69. The van der Waals surface area contributed by atoms with Gasteiger partial charge in [0.1, 0.15) is 0 Å². The van der Waals surface area contributed by atoms with Crippen molar-refractivity contribution in [2.24, 2.45) is 11.3 Å². The second-order valence-electron chi connectivity index (χ2n) is 9.05. The van der Waals surface area contributed by atoms with Crippen molar-refractivity contribution in [1.82, 2.24) is 4.90 Å². The number of nitrogens with one attached hydrogen (secondary N) is 1. The number of methoxy groups -OCH3 is 1. The Kier molecular flexibility index (Phi) is 4.31. The first-order valence-electron chi connectivity index (χ1n) is 9.87. The zero-order chi connectivity index (χ0) is 16.9. The molecule has 0 radical (unpaired) electrons. The molecule has 2 bridgehead atoms. The Bertz CT molecular complexity index is 789. The van der Waals surface area contributed by atoms with Crippen LogP contribution in [-0.2, 0) is 14.9 Å². The first-order valence-corrected chi connectivity index (χ1v) is 9.87. The van der Waals surface area contributed by atoms with Crippen molar-refractivity contribution in [2.75, 3.05) is 25.5 Å². The number of ether oxygens (including phenoxy) is 1. The average molecular weight is 411 g/mol. The van der Waals surface area contributed by atoms with Gasteiger partial charge >= 0.3 is 5.97 Å². The van der Waals surface area contributed by atoms with Gasteiger partial charge in [0.05, 0.1) is 18.6 Å². The number of fused-ring (bicyclic) bond motifs is 3. The van der Waals surface area contributed by atoms with E-state index in [1.54, 1.807) is 7.11 Å². The predicted octanol–water partition coefficient (Wildman–Crippen LogP) is 3.77. The monoisotopic (exact) mass is 410 g/mol. The summed E-state index contributed by atoms with van der Waals surface area (Å²) in [6, 6.07) is 9.45. The highest BCUT2D eigenvalue weighted by Gasteiger charge is 2.78. The summed E-state index contributed by atoms with van der Waals surface area (Å²) in [5.74, 6) is -0.0193. The molecule has 7 rings (SSSR count). The lowest BCUT2D eigenvalue weighted by molar-refractivity contribution is -0.171. The van der Waals surface area contributed by atoms with Gasteiger partial charge in [-0.05, 0) is 68.7 Å².